The highest BCUT2D eigenvalue weighted by Crippen LogP contribution is 1.91. The summed E-state index contributed by atoms with van der Waals surface area (Å²) < 4.78 is 4.89. The molecule has 0 aromatic rings. The number of ether oxygens (including phenoxy) is 1. The van der Waals surface area contributed by atoms with Gasteiger partial charge in [0.25, 0.3) is 0 Å². The maximum absolute atomic E-state index is 11.0. The number of unbranched alkanes of at least 4 members (excludes halogenated alkanes) is 1. The van der Waals surface area contributed by atoms with Crippen LogP contribution in [-0.4, -0.2) is 42.2 Å². The third-order valence-electron chi connectivity index (χ3n) is 1.59. The average molecular weight is 205 g/mol. The Kier molecular flexibility index (Phi) is 8.51. The Morgan fingerprint density at radius 2 is 2.21 bits per heavy atom. The van der Waals surface area contributed by atoms with Crippen LogP contribution in [0.15, 0.2) is 0 Å². The van der Waals surface area contributed by atoms with Gasteiger partial charge in [-0.2, -0.15) is 0 Å². The van der Waals surface area contributed by atoms with Gasteiger partial charge in [0.2, 0.25) is 0 Å². The van der Waals surface area contributed by atoms with Crippen molar-refractivity contribution in [2.24, 2.45) is 0 Å². The van der Waals surface area contributed by atoms with Gasteiger partial charge >= 0.3 is 5.97 Å². The Morgan fingerprint density at radius 3 is 2.79 bits per heavy atom. The number of nitrogens with one attached hydrogen (secondary N) is 1. The lowest BCUT2D eigenvalue weighted by molar-refractivity contribution is -0.143. The zero-order valence-corrected chi connectivity index (χ0v) is 8.53. The van der Waals surface area contributed by atoms with Crippen molar-refractivity contribution >= 4 is 5.97 Å². The molecule has 3 N–H and O–H groups in total. The van der Waals surface area contributed by atoms with Crippen molar-refractivity contribution in [3.8, 4) is 0 Å². The molecule has 0 aliphatic carbocycles. The molecule has 0 radical (unpaired) electrons. The molecule has 0 saturated carbocycles. The van der Waals surface area contributed by atoms with E-state index in [9.17, 15) is 4.79 Å². The first kappa shape index (κ1) is 13.4. The highest BCUT2D eigenvalue weighted by Gasteiger charge is 2.02. The van der Waals surface area contributed by atoms with E-state index in [0.29, 0.717) is 13.2 Å². The average Bonchev–Trinajstić information content (AvgIpc) is 2.13. The third kappa shape index (κ3) is 9.44. The van der Waals surface area contributed by atoms with Crippen molar-refractivity contribution in [1.29, 1.82) is 0 Å². The zero-order valence-electron chi connectivity index (χ0n) is 8.53. The fourth-order valence-electron chi connectivity index (χ4n) is 0.824. The van der Waals surface area contributed by atoms with E-state index in [2.05, 4.69) is 5.32 Å². The Morgan fingerprint density at radius 1 is 1.50 bits per heavy atom. The fourth-order valence-corrected chi connectivity index (χ4v) is 0.824. The first-order chi connectivity index (χ1) is 6.66. The number of hydrogen-bond donors (Lipinski definition) is 3. The van der Waals surface area contributed by atoms with Gasteiger partial charge < -0.3 is 20.3 Å². The second kappa shape index (κ2) is 8.93. The maximum Gasteiger partial charge on any atom is 0.307 e. The van der Waals surface area contributed by atoms with Crippen molar-refractivity contribution in [1.82, 2.24) is 5.32 Å². The maximum atomic E-state index is 11.0. The second-order valence-electron chi connectivity index (χ2n) is 3.01. The van der Waals surface area contributed by atoms with E-state index in [0.717, 1.165) is 12.8 Å². The highest BCUT2D eigenvalue weighted by atomic mass is 16.5. The molecule has 0 aliphatic rings. The number of carbonyl (C=O) groups excluding carboxylic acids is 1. The van der Waals surface area contributed by atoms with Crippen LogP contribution in [0.3, 0.4) is 0 Å². The third-order valence-corrected chi connectivity index (χ3v) is 1.59. The standard InChI is InChI=1S/C9H19NO4/c1-2-3-6-14-9(13)4-5-10-7-8(11)12/h8,10-12H,2-7H2,1H3. The molecule has 0 aliphatic heterocycles. The van der Waals surface area contributed by atoms with Crippen molar-refractivity contribution in [2.45, 2.75) is 32.5 Å². The molecular weight excluding hydrogens is 186 g/mol. The largest absolute Gasteiger partial charge is 0.466 e. The van der Waals surface area contributed by atoms with Crippen LogP contribution < -0.4 is 5.32 Å². The van der Waals surface area contributed by atoms with Gasteiger partial charge in [0.05, 0.1) is 13.0 Å². The smallest absolute Gasteiger partial charge is 0.307 e. The summed E-state index contributed by atoms with van der Waals surface area (Å²) in [5, 5.41) is 19.6. The summed E-state index contributed by atoms with van der Waals surface area (Å²) in [7, 11) is 0. The van der Waals surface area contributed by atoms with Crippen molar-refractivity contribution < 1.29 is 19.7 Å². The number of aliphatic hydroxyl groups is 2. The molecule has 0 spiro atoms. The lowest BCUT2D eigenvalue weighted by atomic mass is 10.3. The number of hydrogen-bond acceptors (Lipinski definition) is 5. The van der Waals surface area contributed by atoms with Crippen LogP contribution in [0.2, 0.25) is 0 Å². The van der Waals surface area contributed by atoms with Gasteiger partial charge in [0, 0.05) is 13.1 Å². The molecule has 84 valence electrons. The van der Waals surface area contributed by atoms with Crippen LogP contribution in [0.25, 0.3) is 0 Å². The summed E-state index contributed by atoms with van der Waals surface area (Å²) in [6, 6.07) is 0. The number of carbonyl (C=O) groups is 1. The molecule has 0 heterocycles. The molecule has 14 heavy (non-hydrogen) atoms. The van der Waals surface area contributed by atoms with Crippen molar-refractivity contribution in [3.05, 3.63) is 0 Å². The van der Waals surface area contributed by atoms with Gasteiger partial charge in [-0.15, -0.1) is 0 Å². The summed E-state index contributed by atoms with van der Waals surface area (Å²) in [5.74, 6) is -0.252. The Bertz CT molecular complexity index is 150. The molecule has 5 nitrogen and oxygen atoms in total. The Balaban J connectivity index is 3.18. The lowest BCUT2D eigenvalue weighted by Crippen LogP contribution is -2.28. The van der Waals surface area contributed by atoms with E-state index in [4.69, 9.17) is 14.9 Å². The lowest BCUT2D eigenvalue weighted by Gasteiger charge is -2.06. The van der Waals surface area contributed by atoms with Crippen molar-refractivity contribution in [2.75, 3.05) is 19.7 Å². The summed E-state index contributed by atoms with van der Waals surface area (Å²) in [4.78, 5) is 11.0. The summed E-state index contributed by atoms with van der Waals surface area (Å²) in [6.45, 7) is 2.97. The van der Waals surface area contributed by atoms with Gasteiger partial charge in [0.1, 0.15) is 0 Å². The Hall–Kier alpha value is -0.650. The predicted molar refractivity (Wildman–Crippen MR) is 51.6 cm³/mol. The van der Waals surface area contributed by atoms with Crippen LogP contribution in [0.1, 0.15) is 26.2 Å². The van der Waals surface area contributed by atoms with Gasteiger partial charge in [-0.25, -0.2) is 0 Å². The van der Waals surface area contributed by atoms with E-state index in [1.807, 2.05) is 6.92 Å². The first-order valence-electron chi connectivity index (χ1n) is 4.89. The molecule has 0 rings (SSSR count). The second-order valence-corrected chi connectivity index (χ2v) is 3.01. The molecule has 0 atom stereocenters. The summed E-state index contributed by atoms with van der Waals surface area (Å²) in [6.07, 6.45) is 0.777. The minimum Gasteiger partial charge on any atom is -0.466 e. The highest BCUT2D eigenvalue weighted by molar-refractivity contribution is 5.69. The minimum absolute atomic E-state index is 0.0717. The molecule has 0 bridgehead atoms. The molecule has 0 saturated heterocycles. The van der Waals surface area contributed by atoms with Gasteiger partial charge in [-0.05, 0) is 6.42 Å². The van der Waals surface area contributed by atoms with Crippen LogP contribution in [-0.2, 0) is 9.53 Å². The van der Waals surface area contributed by atoms with E-state index in [-0.39, 0.29) is 18.9 Å². The van der Waals surface area contributed by atoms with E-state index in [1.165, 1.54) is 0 Å². The van der Waals surface area contributed by atoms with Crippen molar-refractivity contribution in [3.63, 3.8) is 0 Å². The molecule has 0 aromatic heterocycles. The topological polar surface area (TPSA) is 78.8 Å². The van der Waals surface area contributed by atoms with Crippen LogP contribution in [0.4, 0.5) is 0 Å². The van der Waals surface area contributed by atoms with E-state index >= 15 is 0 Å². The Labute approximate surface area is 84.1 Å². The van der Waals surface area contributed by atoms with E-state index < -0.39 is 6.29 Å². The first-order valence-corrected chi connectivity index (χ1v) is 4.89. The van der Waals surface area contributed by atoms with Gasteiger partial charge in [0.15, 0.2) is 6.29 Å². The molecule has 0 fully saturated rings. The summed E-state index contributed by atoms with van der Waals surface area (Å²) in [5.41, 5.74) is 0. The summed E-state index contributed by atoms with van der Waals surface area (Å²) >= 11 is 0. The van der Waals surface area contributed by atoms with Gasteiger partial charge in [-0.1, -0.05) is 13.3 Å². The molecule has 0 aromatic carbocycles. The minimum atomic E-state index is -1.37. The number of aliphatic hydroxyl groups excluding tert-OH is 1. The number of rotatable bonds is 8. The zero-order chi connectivity index (χ0) is 10.8. The predicted octanol–water partition coefficient (Wildman–Crippen LogP) is -0.380. The number of esters is 1. The molecular formula is C9H19NO4. The molecule has 0 unspecified atom stereocenters. The normalized spacial score (nSPS) is 10.6. The fraction of sp³-hybridized carbons (Fsp3) is 0.889. The molecule has 0 amide bonds. The quantitative estimate of drug-likeness (QED) is 0.286. The van der Waals surface area contributed by atoms with Crippen LogP contribution in [0.5, 0.6) is 0 Å². The van der Waals surface area contributed by atoms with Gasteiger partial charge in [-0.3, -0.25) is 4.79 Å². The van der Waals surface area contributed by atoms with Crippen LogP contribution >= 0.6 is 0 Å². The van der Waals surface area contributed by atoms with Crippen LogP contribution in [0, 0.1) is 0 Å². The monoisotopic (exact) mass is 205 g/mol. The SMILES string of the molecule is CCCCOC(=O)CCNCC(O)O. The molecule has 5 heteroatoms. The van der Waals surface area contributed by atoms with E-state index in [1.54, 1.807) is 0 Å².